The quantitative estimate of drug-likeness (QED) is 0.180. The highest BCUT2D eigenvalue weighted by molar-refractivity contribution is 8.00. The predicted octanol–water partition coefficient (Wildman–Crippen LogP) is 7.71. The van der Waals surface area contributed by atoms with Gasteiger partial charge in [-0.1, -0.05) is 60.7 Å². The molecule has 1 aromatic heterocycles. The summed E-state index contributed by atoms with van der Waals surface area (Å²) in [5, 5.41) is 0. The fourth-order valence-corrected chi connectivity index (χ4v) is 4.63. The largest absolute Gasteiger partial charge is 0.446 e. The van der Waals surface area contributed by atoms with Crippen LogP contribution in [0, 0.1) is 5.82 Å². The van der Waals surface area contributed by atoms with E-state index in [0.717, 1.165) is 11.1 Å². The lowest BCUT2D eigenvalue weighted by Gasteiger charge is -2.12. The lowest BCUT2D eigenvalue weighted by molar-refractivity contribution is -0.0328. The SMILES string of the molecule is O=c1n(-c2ccc(F)cc2)c(-c2ccccc2)c(-c2ccccc2)n1-c1ccc(SC(F)(F)F)cc1. The van der Waals surface area contributed by atoms with Crippen molar-refractivity contribution in [2.75, 3.05) is 0 Å². The lowest BCUT2D eigenvalue weighted by atomic mass is 10.0. The second-order valence-corrected chi connectivity index (χ2v) is 9.04. The molecule has 4 aromatic carbocycles. The average molecular weight is 507 g/mol. The second-order valence-electron chi connectivity index (χ2n) is 7.90. The van der Waals surface area contributed by atoms with Crippen LogP contribution >= 0.6 is 11.8 Å². The zero-order valence-corrected chi connectivity index (χ0v) is 19.4. The Morgan fingerprint density at radius 2 is 1.00 bits per heavy atom. The first kappa shape index (κ1) is 23.7. The van der Waals surface area contributed by atoms with Crippen molar-refractivity contribution in [2.45, 2.75) is 10.4 Å². The van der Waals surface area contributed by atoms with Gasteiger partial charge in [0, 0.05) is 16.0 Å². The first-order valence-electron chi connectivity index (χ1n) is 10.9. The molecular formula is C28H18F4N2OS. The van der Waals surface area contributed by atoms with Crippen LogP contribution in [0.15, 0.2) is 119 Å². The molecule has 0 saturated heterocycles. The second kappa shape index (κ2) is 9.54. The zero-order chi connectivity index (χ0) is 25.3. The van der Waals surface area contributed by atoms with E-state index >= 15 is 0 Å². The maximum absolute atomic E-state index is 14.0. The number of hydrogen-bond acceptors (Lipinski definition) is 2. The molecule has 0 spiro atoms. The van der Waals surface area contributed by atoms with Crippen molar-refractivity contribution in [3.63, 3.8) is 0 Å². The summed E-state index contributed by atoms with van der Waals surface area (Å²) < 4.78 is 55.2. The van der Waals surface area contributed by atoms with Crippen LogP contribution < -0.4 is 5.69 Å². The van der Waals surface area contributed by atoms with E-state index in [1.807, 2.05) is 60.7 Å². The fraction of sp³-hybridized carbons (Fsp3) is 0.0357. The summed E-state index contributed by atoms with van der Waals surface area (Å²) in [5.74, 6) is -0.437. The van der Waals surface area contributed by atoms with Gasteiger partial charge in [0.1, 0.15) is 5.82 Å². The molecule has 0 unspecified atom stereocenters. The van der Waals surface area contributed by atoms with Crippen molar-refractivity contribution in [2.24, 2.45) is 0 Å². The molecule has 5 aromatic rings. The minimum Gasteiger partial charge on any atom is -0.260 e. The van der Waals surface area contributed by atoms with E-state index in [2.05, 4.69) is 0 Å². The lowest BCUT2D eigenvalue weighted by Crippen LogP contribution is -2.22. The third-order valence-corrected chi connectivity index (χ3v) is 6.30. The van der Waals surface area contributed by atoms with Crippen molar-refractivity contribution in [1.82, 2.24) is 9.13 Å². The molecule has 36 heavy (non-hydrogen) atoms. The van der Waals surface area contributed by atoms with Crippen molar-refractivity contribution < 1.29 is 17.6 Å². The normalized spacial score (nSPS) is 11.6. The Bertz CT molecular complexity index is 1540. The van der Waals surface area contributed by atoms with Gasteiger partial charge in [-0.05, 0) is 60.3 Å². The number of nitrogens with zero attached hydrogens (tertiary/aromatic N) is 2. The number of thioether (sulfide) groups is 1. The van der Waals surface area contributed by atoms with Crippen molar-refractivity contribution in [3.05, 3.63) is 125 Å². The number of imidazole rings is 1. The maximum Gasteiger partial charge on any atom is 0.446 e. The van der Waals surface area contributed by atoms with Crippen molar-refractivity contribution in [1.29, 1.82) is 0 Å². The fourth-order valence-electron chi connectivity index (χ4n) is 4.09. The molecule has 1 heterocycles. The highest BCUT2D eigenvalue weighted by Gasteiger charge is 2.29. The Morgan fingerprint density at radius 1 is 0.583 bits per heavy atom. The van der Waals surface area contributed by atoms with E-state index in [1.54, 1.807) is 0 Å². The molecule has 0 atom stereocenters. The first-order chi connectivity index (χ1) is 17.3. The van der Waals surface area contributed by atoms with Gasteiger partial charge < -0.3 is 0 Å². The van der Waals surface area contributed by atoms with Crippen LogP contribution in [0.3, 0.4) is 0 Å². The van der Waals surface area contributed by atoms with Crippen LogP contribution in [0.4, 0.5) is 17.6 Å². The van der Waals surface area contributed by atoms with Crippen molar-refractivity contribution in [3.8, 4) is 33.9 Å². The molecule has 0 saturated carbocycles. The van der Waals surface area contributed by atoms with E-state index in [1.165, 1.54) is 57.7 Å². The summed E-state index contributed by atoms with van der Waals surface area (Å²) in [4.78, 5) is 14.0. The monoisotopic (exact) mass is 506 g/mol. The predicted molar refractivity (Wildman–Crippen MR) is 134 cm³/mol. The number of rotatable bonds is 5. The molecule has 0 aliphatic heterocycles. The number of aromatic nitrogens is 2. The summed E-state index contributed by atoms with van der Waals surface area (Å²) in [6.07, 6.45) is 0. The Morgan fingerprint density at radius 3 is 1.42 bits per heavy atom. The summed E-state index contributed by atoms with van der Waals surface area (Å²) in [6, 6.07) is 29.8. The van der Waals surface area contributed by atoms with Crippen LogP contribution in [-0.2, 0) is 0 Å². The third-order valence-electron chi connectivity index (χ3n) is 5.56. The van der Waals surface area contributed by atoms with Gasteiger partial charge in [-0.25, -0.2) is 9.18 Å². The minimum absolute atomic E-state index is 0.0156. The van der Waals surface area contributed by atoms with Gasteiger partial charge >= 0.3 is 11.2 Å². The molecule has 3 nitrogen and oxygen atoms in total. The van der Waals surface area contributed by atoms with E-state index in [9.17, 15) is 22.4 Å². The number of hydrogen-bond donors (Lipinski definition) is 0. The molecule has 0 bridgehead atoms. The molecule has 0 fully saturated rings. The Balaban J connectivity index is 1.83. The summed E-state index contributed by atoms with van der Waals surface area (Å²) >= 11 is -0.215. The zero-order valence-electron chi connectivity index (χ0n) is 18.6. The standard InChI is InChI=1S/C28H18F4N2OS/c29-21-11-13-22(14-12-21)33-25(19-7-3-1-4-8-19)26(20-9-5-2-6-10-20)34(27(33)35)23-15-17-24(18-16-23)36-28(30,31)32/h1-18H. The molecule has 8 heteroatoms. The third kappa shape index (κ3) is 4.72. The van der Waals surface area contributed by atoms with Gasteiger partial charge in [0.25, 0.3) is 0 Å². The van der Waals surface area contributed by atoms with Crippen molar-refractivity contribution >= 4 is 11.8 Å². The topological polar surface area (TPSA) is 26.9 Å². The number of alkyl halides is 3. The van der Waals surface area contributed by atoms with Gasteiger partial charge in [0.05, 0.1) is 22.8 Å². The summed E-state index contributed by atoms with van der Waals surface area (Å²) in [6.45, 7) is 0. The van der Waals surface area contributed by atoms with Crippen LogP contribution in [0.5, 0.6) is 0 Å². The van der Waals surface area contributed by atoms with E-state index in [0.29, 0.717) is 22.8 Å². The maximum atomic E-state index is 14.0. The van der Waals surface area contributed by atoms with Gasteiger partial charge in [-0.15, -0.1) is 0 Å². The van der Waals surface area contributed by atoms with Crippen LogP contribution in [0.2, 0.25) is 0 Å². The first-order valence-corrected chi connectivity index (χ1v) is 11.7. The van der Waals surface area contributed by atoms with E-state index in [-0.39, 0.29) is 16.7 Å². The molecule has 5 rings (SSSR count). The molecule has 0 radical (unpaired) electrons. The van der Waals surface area contributed by atoms with Gasteiger partial charge in [-0.3, -0.25) is 9.13 Å². The summed E-state index contributed by atoms with van der Waals surface area (Å²) in [5.41, 5.74) is -1.36. The molecule has 180 valence electrons. The van der Waals surface area contributed by atoms with Gasteiger partial charge in [0.2, 0.25) is 0 Å². The molecule has 0 aliphatic carbocycles. The van der Waals surface area contributed by atoms with Crippen LogP contribution in [-0.4, -0.2) is 14.6 Å². The Kier molecular flexibility index (Phi) is 6.28. The van der Waals surface area contributed by atoms with Gasteiger partial charge in [-0.2, -0.15) is 13.2 Å². The average Bonchev–Trinajstić information content (AvgIpc) is 3.18. The minimum atomic E-state index is -4.42. The van der Waals surface area contributed by atoms with E-state index in [4.69, 9.17) is 0 Å². The van der Waals surface area contributed by atoms with Gasteiger partial charge in [0.15, 0.2) is 0 Å². The highest BCUT2D eigenvalue weighted by atomic mass is 32.2. The number of halogens is 4. The molecule has 0 amide bonds. The molecule has 0 aliphatic rings. The Hall–Kier alpha value is -4.04. The summed E-state index contributed by atoms with van der Waals surface area (Å²) in [7, 11) is 0. The van der Waals surface area contributed by atoms with Crippen LogP contribution in [0.1, 0.15) is 0 Å². The molecule has 0 N–H and O–H groups in total. The number of benzene rings is 4. The van der Waals surface area contributed by atoms with E-state index < -0.39 is 17.0 Å². The smallest absolute Gasteiger partial charge is 0.260 e. The molecular weight excluding hydrogens is 488 g/mol. The highest BCUT2D eigenvalue weighted by Crippen LogP contribution is 2.38. The van der Waals surface area contributed by atoms with Crippen LogP contribution in [0.25, 0.3) is 33.9 Å². The Labute approximate surface area is 208 Å².